The number of rotatable bonds is 8. The van der Waals surface area contributed by atoms with Crippen molar-refractivity contribution in [1.29, 1.82) is 0 Å². The minimum Gasteiger partial charge on any atom is -0.483 e. The number of carbonyl (C=O) groups is 2. The second-order valence-electron chi connectivity index (χ2n) is 6.77. The third kappa shape index (κ3) is 6.09. The Hall–Kier alpha value is -2.34. The molecule has 0 fully saturated rings. The van der Waals surface area contributed by atoms with E-state index in [-0.39, 0.29) is 18.4 Å². The van der Waals surface area contributed by atoms with Crippen molar-refractivity contribution in [1.82, 2.24) is 0 Å². The predicted molar refractivity (Wildman–Crippen MR) is 117 cm³/mol. The summed E-state index contributed by atoms with van der Waals surface area (Å²) in [5, 5.41) is 5.63. The van der Waals surface area contributed by atoms with E-state index in [9.17, 15) is 9.59 Å². The van der Waals surface area contributed by atoms with Gasteiger partial charge in [0.1, 0.15) is 5.75 Å². The molecule has 0 saturated heterocycles. The zero-order chi connectivity index (χ0) is 20.7. The molecule has 0 spiro atoms. The first kappa shape index (κ1) is 22.0. The fraction of sp³-hybridized carbons (Fsp3) is 0.364. The fourth-order valence-electron chi connectivity index (χ4n) is 2.59. The van der Waals surface area contributed by atoms with Gasteiger partial charge in [-0.15, -0.1) is 0 Å². The molecule has 0 saturated carbocycles. The average molecular weight is 447 g/mol. The number of ether oxygens (including phenoxy) is 1. The van der Waals surface area contributed by atoms with Crippen molar-refractivity contribution >= 4 is 39.1 Å². The van der Waals surface area contributed by atoms with Crippen LogP contribution < -0.4 is 15.4 Å². The van der Waals surface area contributed by atoms with Gasteiger partial charge in [-0.2, -0.15) is 0 Å². The van der Waals surface area contributed by atoms with E-state index in [1.165, 1.54) is 5.56 Å². The largest absolute Gasteiger partial charge is 0.483 e. The topological polar surface area (TPSA) is 67.4 Å². The van der Waals surface area contributed by atoms with Gasteiger partial charge < -0.3 is 15.4 Å². The van der Waals surface area contributed by atoms with Crippen LogP contribution in [0.3, 0.4) is 0 Å². The van der Waals surface area contributed by atoms with E-state index in [2.05, 4.69) is 40.4 Å². The lowest BCUT2D eigenvalue weighted by molar-refractivity contribution is -0.118. The second-order valence-corrected chi connectivity index (χ2v) is 7.62. The highest BCUT2D eigenvalue weighted by Gasteiger charge is 2.11. The Morgan fingerprint density at radius 2 is 1.82 bits per heavy atom. The molecular weight excluding hydrogens is 420 g/mol. The van der Waals surface area contributed by atoms with Gasteiger partial charge in [0.05, 0.1) is 4.47 Å². The summed E-state index contributed by atoms with van der Waals surface area (Å²) in [6, 6.07) is 11.3. The van der Waals surface area contributed by atoms with Crippen LogP contribution >= 0.6 is 15.9 Å². The molecule has 1 atom stereocenters. The van der Waals surface area contributed by atoms with Crippen LogP contribution in [0.4, 0.5) is 11.4 Å². The normalized spacial score (nSPS) is 11.6. The molecule has 28 heavy (non-hydrogen) atoms. The molecule has 5 nitrogen and oxygen atoms in total. The lowest BCUT2D eigenvalue weighted by atomic mass is 9.99. The standard InChI is InChI=1S/C22H27BrN2O3/c1-5-14(3)16-8-10-20(18(23)11-16)28-13-22(27)24-17-9-7-15(4)19(12-17)25-21(26)6-2/h7-12,14H,5-6,13H2,1-4H3,(H,24,27)(H,25,26). The molecular formula is C22H27BrN2O3. The van der Waals surface area contributed by atoms with Crippen LogP contribution in [-0.2, 0) is 9.59 Å². The Labute approximate surface area is 175 Å². The highest BCUT2D eigenvalue weighted by Crippen LogP contribution is 2.30. The minimum absolute atomic E-state index is 0.0689. The first-order valence-corrected chi connectivity index (χ1v) is 10.3. The molecule has 2 amide bonds. The van der Waals surface area contributed by atoms with Crippen molar-refractivity contribution in [2.24, 2.45) is 0 Å². The lowest BCUT2D eigenvalue weighted by Gasteiger charge is -2.14. The van der Waals surface area contributed by atoms with Crippen molar-refractivity contribution in [3.8, 4) is 5.75 Å². The molecule has 0 heterocycles. The monoisotopic (exact) mass is 446 g/mol. The number of aryl methyl sites for hydroxylation is 1. The summed E-state index contributed by atoms with van der Waals surface area (Å²) < 4.78 is 6.48. The number of halogens is 1. The van der Waals surface area contributed by atoms with Gasteiger partial charge in [0, 0.05) is 17.8 Å². The minimum atomic E-state index is -0.269. The molecule has 0 radical (unpaired) electrons. The zero-order valence-corrected chi connectivity index (χ0v) is 18.4. The first-order chi connectivity index (χ1) is 13.3. The Kier molecular flexibility index (Phi) is 8.05. The number of benzene rings is 2. The molecule has 0 aliphatic rings. The van der Waals surface area contributed by atoms with Crippen molar-refractivity contribution in [2.75, 3.05) is 17.2 Å². The zero-order valence-electron chi connectivity index (χ0n) is 16.8. The smallest absolute Gasteiger partial charge is 0.262 e. The molecule has 0 aromatic heterocycles. The van der Waals surface area contributed by atoms with Crippen LogP contribution in [0.2, 0.25) is 0 Å². The number of carbonyl (C=O) groups excluding carboxylic acids is 2. The van der Waals surface area contributed by atoms with Gasteiger partial charge in [-0.3, -0.25) is 9.59 Å². The second kappa shape index (κ2) is 10.3. The van der Waals surface area contributed by atoms with Gasteiger partial charge in [0.2, 0.25) is 5.91 Å². The van der Waals surface area contributed by atoms with Gasteiger partial charge in [-0.1, -0.05) is 32.9 Å². The summed E-state index contributed by atoms with van der Waals surface area (Å²) >= 11 is 3.51. The maximum atomic E-state index is 12.3. The molecule has 2 aromatic rings. The van der Waals surface area contributed by atoms with Crippen LogP contribution in [0.15, 0.2) is 40.9 Å². The van der Waals surface area contributed by atoms with E-state index < -0.39 is 0 Å². The van der Waals surface area contributed by atoms with E-state index >= 15 is 0 Å². The van der Waals surface area contributed by atoms with Gasteiger partial charge >= 0.3 is 0 Å². The fourth-order valence-corrected chi connectivity index (χ4v) is 3.10. The van der Waals surface area contributed by atoms with E-state index in [1.54, 1.807) is 19.1 Å². The van der Waals surface area contributed by atoms with Crippen molar-refractivity contribution in [3.05, 3.63) is 52.0 Å². The third-order valence-electron chi connectivity index (χ3n) is 4.61. The van der Waals surface area contributed by atoms with Crippen molar-refractivity contribution < 1.29 is 14.3 Å². The quantitative estimate of drug-likeness (QED) is 0.551. The number of nitrogens with one attached hydrogen (secondary N) is 2. The number of anilines is 2. The maximum absolute atomic E-state index is 12.3. The van der Waals surface area contributed by atoms with Crippen LogP contribution in [0.25, 0.3) is 0 Å². The lowest BCUT2D eigenvalue weighted by Crippen LogP contribution is -2.20. The van der Waals surface area contributed by atoms with Crippen LogP contribution in [0.5, 0.6) is 5.75 Å². The van der Waals surface area contributed by atoms with Crippen LogP contribution in [-0.4, -0.2) is 18.4 Å². The molecule has 2 N–H and O–H groups in total. The Morgan fingerprint density at radius 3 is 2.46 bits per heavy atom. The van der Waals surface area contributed by atoms with E-state index in [0.717, 1.165) is 16.5 Å². The summed E-state index contributed by atoms with van der Waals surface area (Å²) in [5.74, 6) is 0.759. The van der Waals surface area contributed by atoms with Crippen LogP contribution in [0.1, 0.15) is 50.7 Å². The summed E-state index contributed by atoms with van der Waals surface area (Å²) in [6.07, 6.45) is 1.46. The molecule has 0 aliphatic carbocycles. The predicted octanol–water partition coefficient (Wildman–Crippen LogP) is 5.64. The molecule has 150 valence electrons. The average Bonchev–Trinajstić information content (AvgIpc) is 2.68. The summed E-state index contributed by atoms with van der Waals surface area (Å²) in [4.78, 5) is 23.9. The number of hydrogen-bond acceptors (Lipinski definition) is 3. The summed E-state index contributed by atoms with van der Waals surface area (Å²) in [6.45, 7) is 7.92. The number of amides is 2. The van der Waals surface area contributed by atoms with Gasteiger partial charge in [-0.25, -0.2) is 0 Å². The van der Waals surface area contributed by atoms with E-state index in [0.29, 0.717) is 29.5 Å². The Balaban J connectivity index is 1.97. The highest BCUT2D eigenvalue weighted by molar-refractivity contribution is 9.10. The summed E-state index contributed by atoms with van der Waals surface area (Å²) in [7, 11) is 0. The Morgan fingerprint density at radius 1 is 1.07 bits per heavy atom. The molecule has 1 unspecified atom stereocenters. The molecule has 2 aromatic carbocycles. The highest BCUT2D eigenvalue weighted by atomic mass is 79.9. The number of hydrogen-bond donors (Lipinski definition) is 2. The third-order valence-corrected chi connectivity index (χ3v) is 5.23. The van der Waals surface area contributed by atoms with Gasteiger partial charge in [0.25, 0.3) is 5.91 Å². The van der Waals surface area contributed by atoms with Gasteiger partial charge in [0.15, 0.2) is 6.61 Å². The molecule has 2 rings (SSSR count). The maximum Gasteiger partial charge on any atom is 0.262 e. The Bertz CT molecular complexity index is 852. The van der Waals surface area contributed by atoms with Crippen LogP contribution in [0, 0.1) is 6.92 Å². The molecule has 6 heteroatoms. The SMILES string of the molecule is CCC(=O)Nc1cc(NC(=O)COc2ccc(C(C)CC)cc2Br)ccc1C. The van der Waals surface area contributed by atoms with Gasteiger partial charge in [-0.05, 0) is 70.6 Å². The first-order valence-electron chi connectivity index (χ1n) is 9.46. The molecule has 0 aliphatic heterocycles. The molecule has 0 bridgehead atoms. The van der Waals surface area contributed by atoms with E-state index in [4.69, 9.17) is 4.74 Å². The summed E-state index contributed by atoms with van der Waals surface area (Å²) in [5.41, 5.74) is 3.46. The van der Waals surface area contributed by atoms with E-state index in [1.807, 2.05) is 31.2 Å². The van der Waals surface area contributed by atoms with Crippen molar-refractivity contribution in [2.45, 2.75) is 46.5 Å². The van der Waals surface area contributed by atoms with Crippen molar-refractivity contribution in [3.63, 3.8) is 0 Å².